The van der Waals surface area contributed by atoms with Crippen molar-refractivity contribution in [3.63, 3.8) is 0 Å². The first-order chi connectivity index (χ1) is 15.1. The fourth-order valence-electron chi connectivity index (χ4n) is 3.73. The number of aromatic nitrogens is 1. The third-order valence-electron chi connectivity index (χ3n) is 5.57. The summed E-state index contributed by atoms with van der Waals surface area (Å²) >= 11 is 6.21. The summed E-state index contributed by atoms with van der Waals surface area (Å²) in [6, 6.07) is 15.8. The van der Waals surface area contributed by atoms with Crippen molar-refractivity contribution >= 4 is 23.2 Å². The summed E-state index contributed by atoms with van der Waals surface area (Å²) in [7, 11) is 2.15. The number of nitrogens with zero attached hydrogens (tertiary/aromatic N) is 3. The molecule has 3 aromatic rings. The van der Waals surface area contributed by atoms with E-state index in [1.807, 2.05) is 30.3 Å². The van der Waals surface area contributed by atoms with Crippen LogP contribution in [0.4, 0.5) is 5.69 Å². The van der Waals surface area contributed by atoms with Crippen LogP contribution in [0.15, 0.2) is 59.1 Å². The number of likely N-dealkylation sites (N-methyl/N-ethyl adjacent to an activating group) is 1. The maximum Gasteiger partial charge on any atom is 0.220 e. The Morgan fingerprint density at radius 1 is 1.10 bits per heavy atom. The van der Waals surface area contributed by atoms with Crippen molar-refractivity contribution in [2.75, 3.05) is 38.1 Å². The Morgan fingerprint density at radius 2 is 1.84 bits per heavy atom. The van der Waals surface area contributed by atoms with Crippen molar-refractivity contribution in [2.24, 2.45) is 0 Å². The van der Waals surface area contributed by atoms with E-state index in [1.165, 1.54) is 5.69 Å². The third kappa shape index (κ3) is 5.46. The molecule has 0 spiro atoms. The van der Waals surface area contributed by atoms with Gasteiger partial charge < -0.3 is 19.5 Å². The van der Waals surface area contributed by atoms with E-state index in [0.717, 1.165) is 37.3 Å². The van der Waals surface area contributed by atoms with Gasteiger partial charge in [0.25, 0.3) is 0 Å². The first kappa shape index (κ1) is 21.4. The van der Waals surface area contributed by atoms with Crippen LogP contribution in [0.3, 0.4) is 0 Å². The van der Waals surface area contributed by atoms with Gasteiger partial charge in [-0.3, -0.25) is 4.79 Å². The fraction of sp³-hybridized carbons (Fsp3) is 0.333. The first-order valence-electron chi connectivity index (χ1n) is 10.6. The van der Waals surface area contributed by atoms with Gasteiger partial charge in [0.1, 0.15) is 0 Å². The topological polar surface area (TPSA) is 61.6 Å². The van der Waals surface area contributed by atoms with Gasteiger partial charge >= 0.3 is 0 Å². The van der Waals surface area contributed by atoms with Crippen LogP contribution in [-0.4, -0.2) is 49.0 Å². The summed E-state index contributed by atoms with van der Waals surface area (Å²) in [5.41, 5.74) is 3.14. The van der Waals surface area contributed by atoms with Crippen LogP contribution in [0.2, 0.25) is 5.02 Å². The van der Waals surface area contributed by atoms with E-state index in [9.17, 15) is 4.79 Å². The minimum atomic E-state index is -0.0225. The number of amides is 1. The molecule has 31 heavy (non-hydrogen) atoms. The molecule has 6 nitrogen and oxygen atoms in total. The van der Waals surface area contributed by atoms with Crippen LogP contribution in [0.5, 0.6) is 0 Å². The van der Waals surface area contributed by atoms with Crippen LogP contribution in [-0.2, 0) is 17.8 Å². The Morgan fingerprint density at radius 3 is 2.65 bits per heavy atom. The van der Waals surface area contributed by atoms with Crippen molar-refractivity contribution in [1.82, 2.24) is 15.2 Å². The van der Waals surface area contributed by atoms with E-state index in [4.69, 9.17) is 16.0 Å². The minimum absolute atomic E-state index is 0.0225. The van der Waals surface area contributed by atoms with Gasteiger partial charge in [0.2, 0.25) is 5.91 Å². The quantitative estimate of drug-likeness (QED) is 0.604. The number of piperazine rings is 1. The molecule has 0 radical (unpaired) electrons. The molecule has 0 bridgehead atoms. The molecule has 162 valence electrons. The molecule has 1 aliphatic rings. The Kier molecular flexibility index (Phi) is 6.89. The summed E-state index contributed by atoms with van der Waals surface area (Å²) in [6.07, 6.45) is 2.41. The number of nitrogens with one attached hydrogen (secondary N) is 1. The van der Waals surface area contributed by atoms with Gasteiger partial charge in [-0.2, -0.15) is 0 Å². The first-order valence-corrected chi connectivity index (χ1v) is 11.0. The van der Waals surface area contributed by atoms with Crippen LogP contribution < -0.4 is 10.2 Å². The second-order valence-corrected chi connectivity index (χ2v) is 8.20. The number of benzene rings is 2. The van der Waals surface area contributed by atoms with Crippen molar-refractivity contribution in [2.45, 2.75) is 19.4 Å². The van der Waals surface area contributed by atoms with E-state index in [0.29, 0.717) is 36.1 Å². The molecule has 0 unspecified atom stereocenters. The lowest BCUT2D eigenvalue weighted by molar-refractivity contribution is -0.121. The molecule has 1 amide bonds. The molecule has 7 heteroatoms. The molecule has 1 N–H and O–H groups in total. The SMILES string of the molecule is CN1CCN(c2ccccc2CNC(=O)CCc2ncc(-c3ccccc3Cl)o2)CC1. The van der Waals surface area contributed by atoms with Crippen LogP contribution in [0.1, 0.15) is 17.9 Å². The molecular weight excluding hydrogens is 412 g/mol. The predicted molar refractivity (Wildman–Crippen MR) is 123 cm³/mol. The standard InChI is InChI=1S/C24H27ClN4O2/c1-28-12-14-29(15-13-28)21-9-5-2-6-18(21)16-26-23(30)10-11-24-27-17-22(31-24)19-7-3-4-8-20(19)25/h2-9,17H,10-16H2,1H3,(H,26,30). The van der Waals surface area contributed by atoms with Crippen molar-refractivity contribution in [1.29, 1.82) is 0 Å². The number of carbonyl (C=O) groups is 1. The summed E-state index contributed by atoms with van der Waals surface area (Å²) < 4.78 is 5.78. The lowest BCUT2D eigenvalue weighted by atomic mass is 10.1. The zero-order valence-electron chi connectivity index (χ0n) is 17.7. The Bertz CT molecular complexity index is 1030. The van der Waals surface area contributed by atoms with Crippen LogP contribution in [0, 0.1) is 0 Å². The second-order valence-electron chi connectivity index (χ2n) is 7.79. The van der Waals surface area contributed by atoms with E-state index in [1.54, 1.807) is 6.20 Å². The summed E-state index contributed by atoms with van der Waals surface area (Å²) in [5.74, 6) is 1.12. The van der Waals surface area contributed by atoms with Gasteiger partial charge in [0.05, 0.1) is 11.2 Å². The van der Waals surface area contributed by atoms with Crippen molar-refractivity contribution in [3.05, 3.63) is 71.2 Å². The van der Waals surface area contributed by atoms with E-state index < -0.39 is 0 Å². The van der Waals surface area contributed by atoms with Gasteiger partial charge in [-0.05, 0) is 30.8 Å². The molecule has 0 atom stereocenters. The van der Waals surface area contributed by atoms with Gasteiger partial charge in [-0.15, -0.1) is 0 Å². The number of hydrogen-bond acceptors (Lipinski definition) is 5. The molecule has 1 aliphatic heterocycles. The van der Waals surface area contributed by atoms with Crippen LogP contribution >= 0.6 is 11.6 Å². The molecule has 1 saturated heterocycles. The number of carbonyl (C=O) groups excluding carboxylic acids is 1. The normalized spacial score (nSPS) is 14.6. The maximum absolute atomic E-state index is 12.4. The molecule has 4 rings (SSSR count). The minimum Gasteiger partial charge on any atom is -0.441 e. The molecule has 2 heterocycles. The molecule has 2 aromatic carbocycles. The average molecular weight is 439 g/mol. The highest BCUT2D eigenvalue weighted by molar-refractivity contribution is 6.33. The number of anilines is 1. The highest BCUT2D eigenvalue weighted by Crippen LogP contribution is 2.28. The summed E-state index contributed by atoms with van der Waals surface area (Å²) in [4.78, 5) is 21.4. The van der Waals surface area contributed by atoms with Gasteiger partial charge in [0, 0.05) is 56.8 Å². The fourth-order valence-corrected chi connectivity index (χ4v) is 3.96. The smallest absolute Gasteiger partial charge is 0.220 e. The predicted octanol–water partition coefficient (Wildman–Crippen LogP) is 4.00. The summed E-state index contributed by atoms with van der Waals surface area (Å²) in [5, 5.41) is 3.65. The highest BCUT2D eigenvalue weighted by atomic mass is 35.5. The van der Waals surface area contributed by atoms with Crippen molar-refractivity contribution < 1.29 is 9.21 Å². The van der Waals surface area contributed by atoms with E-state index in [2.05, 4.69) is 45.3 Å². The van der Waals surface area contributed by atoms with E-state index in [-0.39, 0.29) is 5.91 Å². The monoisotopic (exact) mass is 438 g/mol. The van der Waals surface area contributed by atoms with Crippen molar-refractivity contribution in [3.8, 4) is 11.3 Å². The molecule has 0 saturated carbocycles. The second kappa shape index (κ2) is 9.98. The lowest BCUT2D eigenvalue weighted by Gasteiger charge is -2.35. The number of halogens is 1. The maximum atomic E-state index is 12.4. The number of rotatable bonds is 7. The average Bonchev–Trinajstić information content (AvgIpc) is 3.26. The molecule has 0 aliphatic carbocycles. The largest absolute Gasteiger partial charge is 0.441 e. The van der Waals surface area contributed by atoms with Crippen LogP contribution in [0.25, 0.3) is 11.3 Å². The number of oxazole rings is 1. The Labute approximate surface area is 187 Å². The molecule has 1 fully saturated rings. The van der Waals surface area contributed by atoms with Gasteiger partial charge in [-0.25, -0.2) is 4.98 Å². The zero-order chi connectivity index (χ0) is 21.6. The highest BCUT2D eigenvalue weighted by Gasteiger charge is 2.17. The number of aryl methyl sites for hydroxylation is 1. The third-order valence-corrected chi connectivity index (χ3v) is 5.90. The summed E-state index contributed by atoms with van der Waals surface area (Å²) in [6.45, 7) is 4.61. The van der Waals surface area contributed by atoms with E-state index >= 15 is 0 Å². The van der Waals surface area contributed by atoms with Gasteiger partial charge in [-0.1, -0.05) is 41.9 Å². The Balaban J connectivity index is 1.30. The molecular formula is C24H27ClN4O2. The Hall–Kier alpha value is -2.83. The van der Waals surface area contributed by atoms with Gasteiger partial charge in [0.15, 0.2) is 11.7 Å². The lowest BCUT2D eigenvalue weighted by Crippen LogP contribution is -2.45. The zero-order valence-corrected chi connectivity index (χ0v) is 18.4. The number of hydrogen-bond donors (Lipinski definition) is 1. The molecule has 1 aromatic heterocycles. The number of para-hydroxylation sites is 1.